The van der Waals surface area contributed by atoms with E-state index in [4.69, 9.17) is 5.11 Å². The predicted molar refractivity (Wildman–Crippen MR) is 108 cm³/mol. The molecule has 0 saturated carbocycles. The Bertz CT molecular complexity index is 839. The molecule has 6 heteroatoms. The highest BCUT2D eigenvalue weighted by Gasteiger charge is 2.29. The lowest BCUT2D eigenvalue weighted by Gasteiger charge is -2.17. The van der Waals surface area contributed by atoms with Gasteiger partial charge in [0.05, 0.1) is 11.3 Å². The Morgan fingerprint density at radius 3 is 2.57 bits per heavy atom. The van der Waals surface area contributed by atoms with E-state index in [1.807, 2.05) is 34.7 Å². The molecule has 1 fully saturated rings. The number of carboxylic acid groups (broad SMARTS) is 1. The van der Waals surface area contributed by atoms with E-state index in [0.29, 0.717) is 29.6 Å². The second-order valence-electron chi connectivity index (χ2n) is 8.05. The molecule has 150 valence electrons. The fourth-order valence-corrected chi connectivity index (χ4v) is 3.86. The van der Waals surface area contributed by atoms with Gasteiger partial charge in [-0.05, 0) is 61.8 Å². The van der Waals surface area contributed by atoms with Gasteiger partial charge in [0.25, 0.3) is 5.91 Å². The van der Waals surface area contributed by atoms with Gasteiger partial charge >= 0.3 is 5.97 Å². The third-order valence-electron chi connectivity index (χ3n) is 5.26. The topological polar surface area (TPSA) is 75.4 Å². The number of hydrogen-bond donors (Lipinski definition) is 1. The van der Waals surface area contributed by atoms with E-state index in [1.54, 1.807) is 12.1 Å². The van der Waals surface area contributed by atoms with Gasteiger partial charge in [0, 0.05) is 19.6 Å². The normalized spacial score (nSPS) is 16.7. The first-order valence-electron chi connectivity index (χ1n) is 10.1. The third-order valence-corrected chi connectivity index (χ3v) is 5.26. The molecule has 1 atom stereocenters. The van der Waals surface area contributed by atoms with E-state index in [-0.39, 0.29) is 5.91 Å². The van der Waals surface area contributed by atoms with Crippen molar-refractivity contribution in [2.45, 2.75) is 46.6 Å². The van der Waals surface area contributed by atoms with Crippen molar-refractivity contribution in [2.75, 3.05) is 13.1 Å². The molecule has 0 bridgehead atoms. The van der Waals surface area contributed by atoms with Crippen molar-refractivity contribution in [3.63, 3.8) is 0 Å². The number of carboxylic acids is 1. The molecule has 1 saturated heterocycles. The SMILES string of the molecule is CCn1nc(CC(C)C)cc1C(=O)N1CCC(Cc2ccc(C(=O)O)cc2)C1. The number of aryl methyl sites for hydroxylation is 1. The maximum Gasteiger partial charge on any atom is 0.335 e. The van der Waals surface area contributed by atoms with E-state index in [2.05, 4.69) is 18.9 Å². The molecule has 2 heterocycles. The number of amides is 1. The third kappa shape index (κ3) is 4.61. The van der Waals surface area contributed by atoms with Gasteiger partial charge in [-0.2, -0.15) is 5.10 Å². The molecular formula is C22H29N3O3. The maximum atomic E-state index is 13.0. The highest BCUT2D eigenvalue weighted by molar-refractivity contribution is 5.93. The molecule has 1 unspecified atom stereocenters. The summed E-state index contributed by atoms with van der Waals surface area (Å²) in [5, 5.41) is 13.6. The van der Waals surface area contributed by atoms with E-state index in [1.165, 1.54) is 0 Å². The molecule has 2 aromatic rings. The van der Waals surface area contributed by atoms with Gasteiger partial charge in [-0.15, -0.1) is 0 Å². The van der Waals surface area contributed by atoms with Gasteiger partial charge in [-0.25, -0.2) is 4.79 Å². The van der Waals surface area contributed by atoms with E-state index in [9.17, 15) is 9.59 Å². The Morgan fingerprint density at radius 2 is 1.96 bits per heavy atom. The zero-order valence-corrected chi connectivity index (χ0v) is 16.9. The van der Waals surface area contributed by atoms with Crippen LogP contribution in [0.3, 0.4) is 0 Å². The summed E-state index contributed by atoms with van der Waals surface area (Å²) >= 11 is 0. The number of aromatic carboxylic acids is 1. The molecule has 0 aliphatic carbocycles. The molecule has 6 nitrogen and oxygen atoms in total. The molecule has 0 radical (unpaired) electrons. The number of nitrogens with zero attached hydrogens (tertiary/aromatic N) is 3. The van der Waals surface area contributed by atoms with Crippen LogP contribution >= 0.6 is 0 Å². The van der Waals surface area contributed by atoms with Gasteiger partial charge in [0.1, 0.15) is 5.69 Å². The Hall–Kier alpha value is -2.63. The molecule has 1 aliphatic heterocycles. The van der Waals surface area contributed by atoms with Crippen molar-refractivity contribution >= 4 is 11.9 Å². The van der Waals surface area contributed by atoms with Crippen molar-refractivity contribution in [1.82, 2.24) is 14.7 Å². The molecule has 1 aromatic heterocycles. The summed E-state index contributed by atoms with van der Waals surface area (Å²) in [7, 11) is 0. The summed E-state index contributed by atoms with van der Waals surface area (Å²) in [4.78, 5) is 25.9. The monoisotopic (exact) mass is 383 g/mol. The summed E-state index contributed by atoms with van der Waals surface area (Å²) in [6.45, 7) is 8.49. The average molecular weight is 383 g/mol. The lowest BCUT2D eigenvalue weighted by atomic mass is 9.98. The number of benzene rings is 1. The summed E-state index contributed by atoms with van der Waals surface area (Å²) < 4.78 is 1.82. The minimum atomic E-state index is -0.909. The van der Waals surface area contributed by atoms with Crippen LogP contribution in [0.25, 0.3) is 0 Å². The summed E-state index contributed by atoms with van der Waals surface area (Å²) in [5.74, 6) is 0.0567. The van der Waals surface area contributed by atoms with Crippen LogP contribution in [-0.2, 0) is 19.4 Å². The number of hydrogen-bond acceptors (Lipinski definition) is 3. The van der Waals surface area contributed by atoms with Gasteiger partial charge < -0.3 is 10.0 Å². The molecule has 3 rings (SSSR count). The first-order valence-corrected chi connectivity index (χ1v) is 10.1. The van der Waals surface area contributed by atoms with Crippen LogP contribution in [0.5, 0.6) is 0 Å². The molecule has 0 spiro atoms. The Kier molecular flexibility index (Phi) is 6.17. The average Bonchev–Trinajstić information content (AvgIpc) is 3.28. The molecule has 1 aromatic carbocycles. The molecular weight excluding hydrogens is 354 g/mol. The number of likely N-dealkylation sites (tertiary alicyclic amines) is 1. The Morgan fingerprint density at radius 1 is 1.25 bits per heavy atom. The smallest absolute Gasteiger partial charge is 0.335 e. The molecule has 28 heavy (non-hydrogen) atoms. The highest BCUT2D eigenvalue weighted by Crippen LogP contribution is 2.23. The molecule has 1 aliphatic rings. The van der Waals surface area contributed by atoms with E-state index < -0.39 is 5.97 Å². The van der Waals surface area contributed by atoms with Crippen molar-refractivity contribution < 1.29 is 14.7 Å². The van der Waals surface area contributed by atoms with Crippen LogP contribution < -0.4 is 0 Å². The van der Waals surface area contributed by atoms with Crippen molar-refractivity contribution in [2.24, 2.45) is 11.8 Å². The number of rotatable bonds is 7. The fourth-order valence-electron chi connectivity index (χ4n) is 3.86. The lowest BCUT2D eigenvalue weighted by Crippen LogP contribution is -2.30. The van der Waals surface area contributed by atoms with Gasteiger partial charge in [0.15, 0.2) is 0 Å². The standard InChI is InChI=1S/C22H29N3O3/c1-4-25-20(13-19(23-25)11-15(2)3)21(26)24-10-9-17(14-24)12-16-5-7-18(8-6-16)22(27)28/h5-8,13,15,17H,4,9-12,14H2,1-3H3,(H,27,28). The van der Waals surface area contributed by atoms with Crippen LogP contribution in [0, 0.1) is 11.8 Å². The Labute approximate surface area is 166 Å². The van der Waals surface area contributed by atoms with Gasteiger partial charge in [-0.1, -0.05) is 26.0 Å². The van der Waals surface area contributed by atoms with E-state index in [0.717, 1.165) is 43.6 Å². The first kappa shape index (κ1) is 20.1. The summed E-state index contributed by atoms with van der Waals surface area (Å²) in [6, 6.07) is 8.98. The maximum absolute atomic E-state index is 13.0. The second-order valence-corrected chi connectivity index (χ2v) is 8.05. The zero-order chi connectivity index (χ0) is 20.3. The van der Waals surface area contributed by atoms with Crippen LogP contribution in [0.4, 0.5) is 0 Å². The Balaban J connectivity index is 1.64. The van der Waals surface area contributed by atoms with Crippen LogP contribution in [0.2, 0.25) is 0 Å². The van der Waals surface area contributed by atoms with Crippen LogP contribution in [-0.4, -0.2) is 44.8 Å². The first-order chi connectivity index (χ1) is 13.4. The van der Waals surface area contributed by atoms with Crippen LogP contribution in [0.15, 0.2) is 30.3 Å². The van der Waals surface area contributed by atoms with Gasteiger partial charge in [0.2, 0.25) is 0 Å². The molecule has 1 N–H and O–H groups in total. The second kappa shape index (κ2) is 8.59. The lowest BCUT2D eigenvalue weighted by molar-refractivity contribution is 0.0695. The van der Waals surface area contributed by atoms with Crippen molar-refractivity contribution in [3.8, 4) is 0 Å². The minimum absolute atomic E-state index is 0.0630. The summed E-state index contributed by atoms with van der Waals surface area (Å²) in [6.07, 6.45) is 2.70. The minimum Gasteiger partial charge on any atom is -0.478 e. The zero-order valence-electron chi connectivity index (χ0n) is 16.9. The van der Waals surface area contributed by atoms with Crippen LogP contribution in [0.1, 0.15) is 59.3 Å². The van der Waals surface area contributed by atoms with Crippen molar-refractivity contribution in [1.29, 1.82) is 0 Å². The highest BCUT2D eigenvalue weighted by atomic mass is 16.4. The van der Waals surface area contributed by atoms with Crippen molar-refractivity contribution in [3.05, 3.63) is 52.8 Å². The fraction of sp³-hybridized carbons (Fsp3) is 0.500. The largest absolute Gasteiger partial charge is 0.478 e. The number of aromatic nitrogens is 2. The number of carbonyl (C=O) groups is 2. The summed E-state index contributed by atoms with van der Waals surface area (Å²) in [5.41, 5.74) is 3.08. The van der Waals surface area contributed by atoms with E-state index >= 15 is 0 Å². The van der Waals surface area contributed by atoms with Gasteiger partial charge in [-0.3, -0.25) is 9.48 Å². The molecule has 1 amide bonds. The quantitative estimate of drug-likeness (QED) is 0.794. The predicted octanol–water partition coefficient (Wildman–Crippen LogP) is 3.50. The number of carbonyl (C=O) groups excluding carboxylic acids is 1.